The van der Waals surface area contributed by atoms with Gasteiger partial charge in [0.2, 0.25) is 5.91 Å². The molecule has 2 N–H and O–H groups in total. The van der Waals surface area contributed by atoms with E-state index in [2.05, 4.69) is 0 Å². The van der Waals surface area contributed by atoms with E-state index in [4.69, 9.17) is 5.73 Å². The summed E-state index contributed by atoms with van der Waals surface area (Å²) >= 11 is 0. The lowest BCUT2D eigenvalue weighted by atomic mass is 9.94. The lowest BCUT2D eigenvalue weighted by Crippen LogP contribution is -2.40. The molecule has 1 aliphatic rings. The quantitative estimate of drug-likeness (QED) is 0.773. The Morgan fingerprint density at radius 2 is 2.00 bits per heavy atom. The minimum absolute atomic E-state index is 0.0311. The van der Waals surface area contributed by atoms with Crippen LogP contribution in [0.25, 0.3) is 0 Å². The summed E-state index contributed by atoms with van der Waals surface area (Å²) in [6.07, 6.45) is 7.58. The molecular weight excluding hydrogens is 188 g/mol. The third-order valence-corrected chi connectivity index (χ3v) is 3.48. The van der Waals surface area contributed by atoms with Crippen LogP contribution < -0.4 is 5.73 Å². The average Bonchev–Trinajstić information content (AvgIpc) is 2.29. The fourth-order valence-corrected chi connectivity index (χ4v) is 2.18. The predicted molar refractivity (Wildman–Crippen MR) is 62.5 cm³/mol. The van der Waals surface area contributed by atoms with Crippen molar-refractivity contribution >= 4 is 5.91 Å². The number of nitrogens with two attached hydrogens (primary N) is 1. The van der Waals surface area contributed by atoms with E-state index in [0.717, 1.165) is 6.42 Å². The molecule has 0 spiro atoms. The summed E-state index contributed by atoms with van der Waals surface area (Å²) in [6.45, 7) is 2.03. The summed E-state index contributed by atoms with van der Waals surface area (Å²) < 4.78 is 0. The molecule has 0 aromatic carbocycles. The zero-order valence-electron chi connectivity index (χ0n) is 10.0. The van der Waals surface area contributed by atoms with E-state index >= 15 is 0 Å². The molecule has 1 amide bonds. The van der Waals surface area contributed by atoms with Crippen LogP contribution in [0.5, 0.6) is 0 Å². The molecule has 0 aromatic heterocycles. The molecular formula is C12H24N2O. The minimum atomic E-state index is 0.0311. The summed E-state index contributed by atoms with van der Waals surface area (Å²) in [5, 5.41) is 0. The van der Waals surface area contributed by atoms with Gasteiger partial charge in [0, 0.05) is 25.6 Å². The van der Waals surface area contributed by atoms with Crippen LogP contribution in [0.3, 0.4) is 0 Å². The van der Waals surface area contributed by atoms with E-state index < -0.39 is 0 Å². The molecule has 0 aromatic rings. The van der Waals surface area contributed by atoms with E-state index in [1.165, 1.54) is 32.1 Å². The van der Waals surface area contributed by atoms with Gasteiger partial charge in [0.15, 0.2) is 0 Å². The van der Waals surface area contributed by atoms with E-state index in [1.807, 2.05) is 18.9 Å². The van der Waals surface area contributed by atoms with Crippen LogP contribution in [0.2, 0.25) is 0 Å². The van der Waals surface area contributed by atoms with Crippen molar-refractivity contribution in [2.24, 2.45) is 5.73 Å². The molecule has 1 saturated carbocycles. The fraction of sp³-hybridized carbons (Fsp3) is 0.917. The molecule has 0 bridgehead atoms. The van der Waals surface area contributed by atoms with Gasteiger partial charge in [-0.2, -0.15) is 0 Å². The van der Waals surface area contributed by atoms with Crippen molar-refractivity contribution in [3.63, 3.8) is 0 Å². The number of hydrogen-bond donors (Lipinski definition) is 1. The molecule has 0 radical (unpaired) electrons. The van der Waals surface area contributed by atoms with E-state index in [0.29, 0.717) is 12.5 Å². The summed E-state index contributed by atoms with van der Waals surface area (Å²) in [5.74, 6) is 0.219. The Morgan fingerprint density at radius 3 is 2.53 bits per heavy atom. The summed E-state index contributed by atoms with van der Waals surface area (Å²) in [7, 11) is 1.93. The molecule has 1 rings (SSSR count). The summed E-state index contributed by atoms with van der Waals surface area (Å²) in [6, 6.07) is 0.499. The van der Waals surface area contributed by atoms with Crippen molar-refractivity contribution in [3.05, 3.63) is 0 Å². The first-order valence-electron chi connectivity index (χ1n) is 6.16. The Kier molecular flexibility index (Phi) is 5.09. The molecule has 1 aliphatic carbocycles. The molecule has 0 heterocycles. The first-order chi connectivity index (χ1) is 7.15. The van der Waals surface area contributed by atoms with Crippen LogP contribution >= 0.6 is 0 Å². The van der Waals surface area contributed by atoms with Crippen LogP contribution in [-0.2, 0) is 4.79 Å². The van der Waals surface area contributed by atoms with Gasteiger partial charge in [-0.15, -0.1) is 0 Å². The number of rotatable bonds is 4. The lowest BCUT2D eigenvalue weighted by Gasteiger charge is -2.31. The maximum absolute atomic E-state index is 11.9. The lowest BCUT2D eigenvalue weighted by molar-refractivity contribution is -0.132. The Labute approximate surface area is 93.0 Å². The smallest absolute Gasteiger partial charge is 0.224 e. The fourth-order valence-electron chi connectivity index (χ4n) is 2.18. The third kappa shape index (κ3) is 3.82. The average molecular weight is 212 g/mol. The number of hydrogen-bond acceptors (Lipinski definition) is 2. The molecule has 1 fully saturated rings. The number of carbonyl (C=O) groups excluding carboxylic acids is 1. The Morgan fingerprint density at radius 1 is 1.40 bits per heavy atom. The molecule has 0 saturated heterocycles. The van der Waals surface area contributed by atoms with Crippen molar-refractivity contribution in [3.8, 4) is 0 Å². The highest BCUT2D eigenvalue weighted by atomic mass is 16.2. The van der Waals surface area contributed by atoms with Gasteiger partial charge in [-0.05, 0) is 19.3 Å². The van der Waals surface area contributed by atoms with E-state index in [1.54, 1.807) is 0 Å². The second-order valence-electron chi connectivity index (χ2n) is 4.67. The van der Waals surface area contributed by atoms with Crippen LogP contribution in [0, 0.1) is 0 Å². The zero-order valence-corrected chi connectivity index (χ0v) is 10.0. The maximum atomic E-state index is 11.9. The largest absolute Gasteiger partial charge is 0.343 e. The second kappa shape index (κ2) is 6.11. The van der Waals surface area contributed by atoms with Crippen molar-refractivity contribution in [1.82, 2.24) is 4.90 Å². The highest BCUT2D eigenvalue weighted by Crippen LogP contribution is 2.22. The first-order valence-corrected chi connectivity index (χ1v) is 6.16. The normalized spacial score (nSPS) is 19.9. The van der Waals surface area contributed by atoms with Gasteiger partial charge in [-0.3, -0.25) is 4.79 Å². The number of nitrogens with zero attached hydrogens (tertiary/aromatic N) is 1. The predicted octanol–water partition coefficient (Wildman–Crippen LogP) is 1.90. The molecule has 1 atom stereocenters. The number of amides is 1. The standard InChI is InChI=1S/C12H24N2O/c1-3-10(13)9-12(15)14(2)11-7-5-4-6-8-11/h10-11H,3-9,13H2,1-2H3. The zero-order chi connectivity index (χ0) is 11.3. The molecule has 88 valence electrons. The van der Waals surface area contributed by atoms with Crippen LogP contribution in [0.4, 0.5) is 0 Å². The molecule has 3 heteroatoms. The third-order valence-electron chi connectivity index (χ3n) is 3.48. The first kappa shape index (κ1) is 12.5. The molecule has 1 unspecified atom stereocenters. The highest BCUT2D eigenvalue weighted by molar-refractivity contribution is 5.76. The van der Waals surface area contributed by atoms with Gasteiger partial charge < -0.3 is 10.6 Å². The Hall–Kier alpha value is -0.570. The van der Waals surface area contributed by atoms with E-state index in [9.17, 15) is 4.79 Å². The number of carbonyl (C=O) groups is 1. The van der Waals surface area contributed by atoms with Gasteiger partial charge in [-0.1, -0.05) is 26.2 Å². The second-order valence-corrected chi connectivity index (χ2v) is 4.67. The minimum Gasteiger partial charge on any atom is -0.343 e. The van der Waals surface area contributed by atoms with Gasteiger partial charge >= 0.3 is 0 Å². The summed E-state index contributed by atoms with van der Waals surface area (Å²) in [4.78, 5) is 13.8. The van der Waals surface area contributed by atoms with Gasteiger partial charge in [0.25, 0.3) is 0 Å². The Bertz CT molecular complexity index is 200. The molecule has 15 heavy (non-hydrogen) atoms. The van der Waals surface area contributed by atoms with Gasteiger partial charge in [-0.25, -0.2) is 0 Å². The summed E-state index contributed by atoms with van der Waals surface area (Å²) in [5.41, 5.74) is 5.79. The molecule has 0 aliphatic heterocycles. The monoisotopic (exact) mass is 212 g/mol. The van der Waals surface area contributed by atoms with Crippen LogP contribution in [0.1, 0.15) is 51.9 Å². The van der Waals surface area contributed by atoms with Crippen molar-refractivity contribution in [2.45, 2.75) is 64.0 Å². The van der Waals surface area contributed by atoms with E-state index in [-0.39, 0.29) is 11.9 Å². The van der Waals surface area contributed by atoms with Gasteiger partial charge in [0.05, 0.1) is 0 Å². The molecule has 3 nitrogen and oxygen atoms in total. The van der Waals surface area contributed by atoms with Crippen molar-refractivity contribution in [1.29, 1.82) is 0 Å². The topological polar surface area (TPSA) is 46.3 Å². The highest BCUT2D eigenvalue weighted by Gasteiger charge is 2.22. The van der Waals surface area contributed by atoms with Crippen molar-refractivity contribution in [2.75, 3.05) is 7.05 Å². The SMILES string of the molecule is CCC(N)CC(=O)N(C)C1CCCCC1. The van der Waals surface area contributed by atoms with Crippen molar-refractivity contribution < 1.29 is 4.79 Å². The van der Waals surface area contributed by atoms with Crippen LogP contribution in [0.15, 0.2) is 0 Å². The van der Waals surface area contributed by atoms with Gasteiger partial charge in [0.1, 0.15) is 0 Å². The van der Waals surface area contributed by atoms with Crippen LogP contribution in [-0.4, -0.2) is 29.9 Å². The maximum Gasteiger partial charge on any atom is 0.224 e. The Balaban J connectivity index is 2.37.